The van der Waals surface area contributed by atoms with Gasteiger partial charge in [-0.05, 0) is 38.6 Å². The van der Waals surface area contributed by atoms with Crippen LogP contribution in [0.5, 0.6) is 0 Å². The van der Waals surface area contributed by atoms with Crippen LogP contribution < -0.4 is 5.32 Å². The highest BCUT2D eigenvalue weighted by molar-refractivity contribution is 4.94. The third-order valence-corrected chi connectivity index (χ3v) is 3.88. The third kappa shape index (κ3) is 2.96. The normalized spacial score (nSPS) is 26.9. The SMILES string of the molecule is CCC(CC#N)N(CC1CCCN1)C1CC1. The summed E-state index contributed by atoms with van der Waals surface area (Å²) in [7, 11) is 0. The molecule has 3 nitrogen and oxygen atoms in total. The number of hydrogen-bond donors (Lipinski definition) is 1. The largest absolute Gasteiger partial charge is 0.313 e. The Morgan fingerprint density at radius 3 is 2.75 bits per heavy atom. The molecule has 2 aliphatic rings. The maximum absolute atomic E-state index is 8.89. The van der Waals surface area contributed by atoms with Crippen molar-refractivity contribution in [1.29, 1.82) is 5.26 Å². The lowest BCUT2D eigenvalue weighted by molar-refractivity contribution is 0.167. The summed E-state index contributed by atoms with van der Waals surface area (Å²) in [5.41, 5.74) is 0. The molecule has 2 atom stereocenters. The summed E-state index contributed by atoms with van der Waals surface area (Å²) in [5.74, 6) is 0. The van der Waals surface area contributed by atoms with Crippen LogP contribution in [-0.2, 0) is 0 Å². The molecule has 3 heteroatoms. The molecule has 1 saturated heterocycles. The van der Waals surface area contributed by atoms with Gasteiger partial charge >= 0.3 is 0 Å². The summed E-state index contributed by atoms with van der Waals surface area (Å²) in [6.07, 6.45) is 7.12. The van der Waals surface area contributed by atoms with E-state index in [1.807, 2.05) is 0 Å². The van der Waals surface area contributed by atoms with Gasteiger partial charge in [-0.25, -0.2) is 0 Å². The van der Waals surface area contributed by atoms with Gasteiger partial charge in [-0.1, -0.05) is 6.92 Å². The average molecular weight is 221 g/mol. The van der Waals surface area contributed by atoms with E-state index in [0.717, 1.165) is 19.0 Å². The van der Waals surface area contributed by atoms with Crippen molar-refractivity contribution in [2.75, 3.05) is 13.1 Å². The van der Waals surface area contributed by atoms with Gasteiger partial charge < -0.3 is 5.32 Å². The zero-order valence-corrected chi connectivity index (χ0v) is 10.3. The highest BCUT2D eigenvalue weighted by Gasteiger charge is 2.34. The summed E-state index contributed by atoms with van der Waals surface area (Å²) in [4.78, 5) is 2.60. The fourth-order valence-corrected chi connectivity index (χ4v) is 2.77. The average Bonchev–Trinajstić information content (AvgIpc) is 3.01. The van der Waals surface area contributed by atoms with Crippen LogP contribution in [0.3, 0.4) is 0 Å². The van der Waals surface area contributed by atoms with Gasteiger partial charge in [0.2, 0.25) is 0 Å². The first-order chi connectivity index (χ1) is 7.85. The Balaban J connectivity index is 1.89. The standard InChI is InChI=1S/C13H23N3/c1-2-12(7-8-14)16(13-5-6-13)10-11-4-3-9-15-11/h11-13,15H,2-7,9-10H2,1H3. The van der Waals surface area contributed by atoms with Crippen molar-refractivity contribution < 1.29 is 0 Å². The Labute approximate surface area is 98.8 Å². The van der Waals surface area contributed by atoms with Crippen LogP contribution in [0.2, 0.25) is 0 Å². The molecular weight excluding hydrogens is 198 g/mol. The maximum Gasteiger partial charge on any atom is 0.0638 e. The van der Waals surface area contributed by atoms with E-state index in [-0.39, 0.29) is 0 Å². The minimum atomic E-state index is 0.486. The third-order valence-electron chi connectivity index (χ3n) is 3.88. The van der Waals surface area contributed by atoms with Crippen LogP contribution in [0.25, 0.3) is 0 Å². The van der Waals surface area contributed by atoms with Gasteiger partial charge in [-0.3, -0.25) is 4.90 Å². The zero-order chi connectivity index (χ0) is 11.4. The molecule has 2 fully saturated rings. The van der Waals surface area contributed by atoms with E-state index in [0.29, 0.717) is 18.5 Å². The fourth-order valence-electron chi connectivity index (χ4n) is 2.77. The maximum atomic E-state index is 8.89. The molecule has 0 aromatic carbocycles. The second kappa shape index (κ2) is 5.65. The topological polar surface area (TPSA) is 39.1 Å². The molecule has 0 aromatic heterocycles. The van der Waals surface area contributed by atoms with E-state index in [4.69, 9.17) is 5.26 Å². The van der Waals surface area contributed by atoms with Crippen molar-refractivity contribution >= 4 is 0 Å². The summed E-state index contributed by atoms with van der Waals surface area (Å²) in [5, 5.41) is 12.5. The Morgan fingerprint density at radius 2 is 2.25 bits per heavy atom. The van der Waals surface area contributed by atoms with Crippen LogP contribution in [0, 0.1) is 11.3 Å². The van der Waals surface area contributed by atoms with Crippen molar-refractivity contribution in [3.63, 3.8) is 0 Å². The Kier molecular flexibility index (Phi) is 4.20. The molecule has 90 valence electrons. The molecule has 1 N–H and O–H groups in total. The van der Waals surface area contributed by atoms with Gasteiger partial charge in [0.05, 0.1) is 12.5 Å². The lowest BCUT2D eigenvalue weighted by Gasteiger charge is -2.32. The zero-order valence-electron chi connectivity index (χ0n) is 10.3. The second-order valence-corrected chi connectivity index (χ2v) is 5.15. The van der Waals surface area contributed by atoms with Crippen LogP contribution in [0.1, 0.15) is 45.4 Å². The van der Waals surface area contributed by atoms with E-state index in [1.54, 1.807) is 0 Å². The first kappa shape index (κ1) is 11.9. The molecule has 1 aliphatic carbocycles. The van der Waals surface area contributed by atoms with Gasteiger partial charge in [0.25, 0.3) is 0 Å². The van der Waals surface area contributed by atoms with Gasteiger partial charge in [0.15, 0.2) is 0 Å². The van der Waals surface area contributed by atoms with Crippen molar-refractivity contribution in [3.05, 3.63) is 0 Å². The molecule has 16 heavy (non-hydrogen) atoms. The Hall–Kier alpha value is -0.590. The monoisotopic (exact) mass is 221 g/mol. The summed E-state index contributed by atoms with van der Waals surface area (Å²) in [6.45, 7) is 4.54. The van der Waals surface area contributed by atoms with E-state index < -0.39 is 0 Å². The molecule has 0 aromatic rings. The van der Waals surface area contributed by atoms with Crippen LogP contribution >= 0.6 is 0 Å². The van der Waals surface area contributed by atoms with Gasteiger partial charge in [0.1, 0.15) is 0 Å². The Morgan fingerprint density at radius 1 is 1.44 bits per heavy atom. The quantitative estimate of drug-likeness (QED) is 0.744. The summed E-state index contributed by atoms with van der Waals surface area (Å²) in [6, 6.07) is 4.28. The van der Waals surface area contributed by atoms with Crippen LogP contribution in [0.4, 0.5) is 0 Å². The molecule has 1 heterocycles. The highest BCUT2D eigenvalue weighted by atomic mass is 15.2. The summed E-state index contributed by atoms with van der Waals surface area (Å²) < 4.78 is 0. The smallest absolute Gasteiger partial charge is 0.0638 e. The van der Waals surface area contributed by atoms with E-state index in [1.165, 1.54) is 32.2 Å². The molecule has 0 spiro atoms. The second-order valence-electron chi connectivity index (χ2n) is 5.15. The van der Waals surface area contributed by atoms with E-state index >= 15 is 0 Å². The lowest BCUT2D eigenvalue weighted by atomic mass is 10.1. The van der Waals surface area contributed by atoms with Crippen LogP contribution in [-0.4, -0.2) is 36.1 Å². The first-order valence-corrected chi connectivity index (χ1v) is 6.71. The summed E-state index contributed by atoms with van der Waals surface area (Å²) >= 11 is 0. The molecule has 2 rings (SSSR count). The van der Waals surface area contributed by atoms with E-state index in [9.17, 15) is 0 Å². The molecule has 1 saturated carbocycles. The molecule has 2 unspecified atom stereocenters. The molecule has 0 amide bonds. The van der Waals surface area contributed by atoms with Crippen molar-refractivity contribution in [2.45, 2.75) is 63.6 Å². The predicted octanol–water partition coefficient (Wildman–Crippen LogP) is 1.90. The predicted molar refractivity (Wildman–Crippen MR) is 65.1 cm³/mol. The first-order valence-electron chi connectivity index (χ1n) is 6.71. The number of nitrogens with one attached hydrogen (secondary N) is 1. The highest BCUT2D eigenvalue weighted by Crippen LogP contribution is 2.31. The molecule has 0 bridgehead atoms. The van der Waals surface area contributed by atoms with Gasteiger partial charge in [0, 0.05) is 24.7 Å². The molecule has 0 radical (unpaired) electrons. The van der Waals surface area contributed by atoms with Gasteiger partial charge in [-0.2, -0.15) is 5.26 Å². The number of nitriles is 1. The number of hydrogen-bond acceptors (Lipinski definition) is 3. The van der Waals surface area contributed by atoms with Crippen LogP contribution in [0.15, 0.2) is 0 Å². The van der Waals surface area contributed by atoms with Crippen molar-refractivity contribution in [1.82, 2.24) is 10.2 Å². The lowest BCUT2D eigenvalue weighted by Crippen LogP contribution is -2.44. The Bertz CT molecular complexity index is 248. The van der Waals surface area contributed by atoms with Gasteiger partial charge in [-0.15, -0.1) is 0 Å². The van der Waals surface area contributed by atoms with Crippen molar-refractivity contribution in [2.24, 2.45) is 0 Å². The van der Waals surface area contributed by atoms with E-state index in [2.05, 4.69) is 23.2 Å². The van der Waals surface area contributed by atoms with Crippen molar-refractivity contribution in [3.8, 4) is 6.07 Å². The minimum Gasteiger partial charge on any atom is -0.313 e. The number of rotatable bonds is 6. The molecule has 1 aliphatic heterocycles. The fraction of sp³-hybridized carbons (Fsp3) is 0.923. The minimum absolute atomic E-state index is 0.486. The molecular formula is C13H23N3. The number of nitrogens with zero attached hydrogens (tertiary/aromatic N) is 2.